The van der Waals surface area contributed by atoms with Gasteiger partial charge in [-0.15, -0.1) is 0 Å². The highest BCUT2D eigenvalue weighted by atomic mass is 19.4. The normalized spacial score (nSPS) is 20.3. The van der Waals surface area contributed by atoms with Crippen LogP contribution in [-0.4, -0.2) is 40.6 Å². The number of rotatable bonds is 7. The van der Waals surface area contributed by atoms with Gasteiger partial charge >= 0.3 is 6.18 Å². The van der Waals surface area contributed by atoms with Gasteiger partial charge < -0.3 is 10.2 Å². The molecule has 1 N–H and O–H groups in total. The summed E-state index contributed by atoms with van der Waals surface area (Å²) < 4.78 is 41.4. The third-order valence-electron chi connectivity index (χ3n) is 5.66. The summed E-state index contributed by atoms with van der Waals surface area (Å²) in [6.45, 7) is 10.9. The Kier molecular flexibility index (Phi) is 7.42. The van der Waals surface area contributed by atoms with Crippen molar-refractivity contribution in [1.82, 2.24) is 10.2 Å². The second-order valence-electron chi connectivity index (χ2n) is 9.60. The minimum atomic E-state index is -4.46. The predicted molar refractivity (Wildman–Crippen MR) is 111 cm³/mol. The van der Waals surface area contributed by atoms with E-state index >= 15 is 0 Å². The summed E-state index contributed by atoms with van der Waals surface area (Å²) in [5.74, 6) is -2.17. The van der Waals surface area contributed by atoms with Crippen molar-refractivity contribution in [2.45, 2.75) is 95.9 Å². The van der Waals surface area contributed by atoms with E-state index in [1.165, 1.54) is 12.1 Å². The number of unbranched alkanes of at least 4 members (excludes halogenated alkanes) is 1. The van der Waals surface area contributed by atoms with Gasteiger partial charge in [-0.25, -0.2) is 0 Å². The average molecular weight is 413 g/mol. The molecule has 2 rings (SSSR count). The molecule has 1 unspecified atom stereocenters. The van der Waals surface area contributed by atoms with Gasteiger partial charge in [-0.2, -0.15) is 13.2 Å². The molecule has 29 heavy (non-hydrogen) atoms. The van der Waals surface area contributed by atoms with Crippen LogP contribution >= 0.6 is 0 Å². The van der Waals surface area contributed by atoms with E-state index in [1.807, 2.05) is 6.92 Å². The van der Waals surface area contributed by atoms with Gasteiger partial charge in [-0.1, -0.05) is 43.7 Å². The molecule has 0 aromatic heterocycles. The van der Waals surface area contributed by atoms with Crippen LogP contribution < -0.4 is 5.32 Å². The Morgan fingerprint density at radius 2 is 1.69 bits per heavy atom. The first-order valence-electron chi connectivity index (χ1n) is 10.5. The Morgan fingerprint density at radius 3 is 2.17 bits per heavy atom. The van der Waals surface area contributed by atoms with E-state index < -0.39 is 24.4 Å². The minimum Gasteiger partial charge on any atom is -0.340 e. The van der Waals surface area contributed by atoms with Crippen molar-refractivity contribution in [3.63, 3.8) is 0 Å². The van der Waals surface area contributed by atoms with Gasteiger partial charge in [0.1, 0.15) is 0 Å². The van der Waals surface area contributed by atoms with Crippen molar-refractivity contribution in [2.24, 2.45) is 0 Å². The molecule has 1 aromatic carbocycles. The monoisotopic (exact) mass is 412 g/mol. The number of nitrogens with one attached hydrogen (secondary N) is 1. The van der Waals surface area contributed by atoms with E-state index in [0.717, 1.165) is 25.7 Å². The first-order valence-corrected chi connectivity index (χ1v) is 10.5. The van der Waals surface area contributed by atoms with Crippen LogP contribution in [0.4, 0.5) is 13.2 Å². The number of piperidine rings is 1. The zero-order valence-corrected chi connectivity index (χ0v) is 18.3. The number of amides is 1. The zero-order chi connectivity index (χ0) is 21.9. The van der Waals surface area contributed by atoms with Gasteiger partial charge in [0, 0.05) is 30.1 Å². The van der Waals surface area contributed by atoms with Gasteiger partial charge in [0.05, 0.1) is 5.92 Å². The quantitative estimate of drug-likeness (QED) is 0.627. The summed E-state index contributed by atoms with van der Waals surface area (Å²) in [5.41, 5.74) is -0.213. The molecule has 1 heterocycles. The standard InChI is InChI=1S/C23H35F3N2O/c1-6-7-13-28(18-15-21(2,3)27-22(4,5)16-18)20(29)14-19(23(24,25)26)17-11-9-8-10-12-17/h8-12,18-19,27H,6-7,13-16H2,1-5H3. The van der Waals surface area contributed by atoms with E-state index in [0.29, 0.717) is 6.54 Å². The topological polar surface area (TPSA) is 32.3 Å². The van der Waals surface area contributed by atoms with Crippen molar-refractivity contribution < 1.29 is 18.0 Å². The van der Waals surface area contributed by atoms with Crippen LogP contribution in [0, 0.1) is 0 Å². The van der Waals surface area contributed by atoms with Crippen molar-refractivity contribution in [1.29, 1.82) is 0 Å². The summed E-state index contributed by atoms with van der Waals surface area (Å²) in [4.78, 5) is 14.9. The Morgan fingerprint density at radius 1 is 1.14 bits per heavy atom. The molecule has 0 saturated carbocycles. The smallest absolute Gasteiger partial charge is 0.340 e. The highest BCUT2D eigenvalue weighted by Gasteiger charge is 2.45. The fourth-order valence-electron chi connectivity index (χ4n) is 4.73. The van der Waals surface area contributed by atoms with Crippen molar-refractivity contribution >= 4 is 5.91 Å². The Hall–Kier alpha value is -1.56. The lowest BCUT2D eigenvalue weighted by Crippen LogP contribution is -2.63. The number of benzene rings is 1. The summed E-state index contributed by atoms with van der Waals surface area (Å²) >= 11 is 0. The van der Waals surface area contributed by atoms with Crippen LogP contribution in [0.5, 0.6) is 0 Å². The molecule has 1 amide bonds. The van der Waals surface area contributed by atoms with Gasteiger partial charge in [0.15, 0.2) is 0 Å². The molecule has 1 atom stereocenters. The highest BCUT2D eigenvalue weighted by molar-refractivity contribution is 5.77. The van der Waals surface area contributed by atoms with Crippen molar-refractivity contribution in [3.8, 4) is 0 Å². The SMILES string of the molecule is CCCCN(C(=O)CC(c1ccccc1)C(F)(F)F)C1CC(C)(C)NC(C)(C)C1. The maximum absolute atomic E-state index is 13.8. The molecule has 1 fully saturated rings. The van der Waals surface area contributed by atoms with Crippen LogP contribution in [-0.2, 0) is 4.79 Å². The molecule has 6 heteroatoms. The number of carbonyl (C=O) groups excluding carboxylic acids is 1. The van der Waals surface area contributed by atoms with E-state index in [-0.39, 0.29) is 22.7 Å². The maximum Gasteiger partial charge on any atom is 0.396 e. The van der Waals surface area contributed by atoms with Crippen LogP contribution in [0.1, 0.15) is 78.2 Å². The molecule has 3 nitrogen and oxygen atoms in total. The lowest BCUT2D eigenvalue weighted by Gasteiger charge is -2.50. The number of halogens is 3. The second kappa shape index (κ2) is 9.07. The number of hydrogen-bond acceptors (Lipinski definition) is 2. The minimum absolute atomic E-state index is 0.0649. The zero-order valence-electron chi connectivity index (χ0n) is 18.3. The molecule has 0 bridgehead atoms. The van der Waals surface area contributed by atoms with Gasteiger partial charge in [-0.3, -0.25) is 4.79 Å². The summed E-state index contributed by atoms with van der Waals surface area (Å²) in [5, 5.41) is 3.58. The van der Waals surface area contributed by atoms with E-state index in [1.54, 1.807) is 23.1 Å². The van der Waals surface area contributed by atoms with E-state index in [9.17, 15) is 18.0 Å². The lowest BCUT2D eigenvalue weighted by atomic mass is 9.78. The number of hydrogen-bond donors (Lipinski definition) is 1. The Bertz CT molecular complexity index is 654. The molecule has 164 valence electrons. The van der Waals surface area contributed by atoms with Gasteiger partial charge in [0.25, 0.3) is 0 Å². The van der Waals surface area contributed by atoms with Crippen LogP contribution in [0.15, 0.2) is 30.3 Å². The van der Waals surface area contributed by atoms with E-state index in [4.69, 9.17) is 0 Å². The molecule has 1 aromatic rings. The van der Waals surface area contributed by atoms with Gasteiger partial charge in [0.2, 0.25) is 5.91 Å². The molecular weight excluding hydrogens is 377 g/mol. The lowest BCUT2D eigenvalue weighted by molar-refractivity contribution is -0.162. The fraction of sp³-hybridized carbons (Fsp3) is 0.696. The molecule has 0 aliphatic carbocycles. The summed E-state index contributed by atoms with van der Waals surface area (Å²) in [6.07, 6.45) is -1.86. The number of alkyl halides is 3. The second-order valence-corrected chi connectivity index (χ2v) is 9.60. The first-order chi connectivity index (χ1) is 13.3. The first kappa shape index (κ1) is 23.7. The fourth-order valence-corrected chi connectivity index (χ4v) is 4.73. The largest absolute Gasteiger partial charge is 0.396 e. The van der Waals surface area contributed by atoms with Crippen molar-refractivity contribution in [2.75, 3.05) is 6.54 Å². The number of carbonyl (C=O) groups is 1. The molecule has 1 aliphatic heterocycles. The Balaban J connectivity index is 2.27. The maximum atomic E-state index is 13.8. The van der Waals surface area contributed by atoms with Crippen molar-refractivity contribution in [3.05, 3.63) is 35.9 Å². The number of nitrogens with zero attached hydrogens (tertiary/aromatic N) is 1. The molecule has 1 saturated heterocycles. The highest BCUT2D eigenvalue weighted by Crippen LogP contribution is 2.39. The summed E-state index contributed by atoms with van der Waals surface area (Å²) in [7, 11) is 0. The van der Waals surface area contributed by atoms with Crippen LogP contribution in [0.25, 0.3) is 0 Å². The molecule has 0 spiro atoms. The molecule has 1 aliphatic rings. The third kappa shape index (κ3) is 6.73. The van der Waals surface area contributed by atoms with Crippen LogP contribution in [0.3, 0.4) is 0 Å². The van der Waals surface area contributed by atoms with Crippen LogP contribution in [0.2, 0.25) is 0 Å². The van der Waals surface area contributed by atoms with E-state index in [2.05, 4.69) is 33.0 Å². The average Bonchev–Trinajstić information content (AvgIpc) is 2.57. The summed E-state index contributed by atoms with van der Waals surface area (Å²) in [6, 6.07) is 7.71. The van der Waals surface area contributed by atoms with Gasteiger partial charge in [-0.05, 0) is 52.5 Å². The molecular formula is C23H35F3N2O. The Labute approximate surface area is 173 Å². The molecule has 0 radical (unpaired) electrons. The predicted octanol–water partition coefficient (Wildman–Crippen LogP) is 5.66. The third-order valence-corrected chi connectivity index (χ3v) is 5.66.